The molecule has 0 unspecified atom stereocenters. The first-order valence-electron chi connectivity index (χ1n) is 7.53. The van der Waals surface area contributed by atoms with E-state index in [9.17, 15) is 14.7 Å². The topological polar surface area (TPSA) is 105 Å². The molecule has 0 aliphatic heterocycles. The Hall–Kier alpha value is -1.93. The number of rotatable bonds is 7. The van der Waals surface area contributed by atoms with Crippen LogP contribution < -0.4 is 10.6 Å². The Morgan fingerprint density at radius 1 is 1.39 bits per heavy atom. The molecule has 8 nitrogen and oxygen atoms in total. The maximum atomic E-state index is 11.8. The molecule has 1 aromatic heterocycles. The number of hydrogen-bond acceptors (Lipinski definition) is 5. The van der Waals surface area contributed by atoms with Crippen LogP contribution in [-0.4, -0.2) is 53.1 Å². The Balaban J connectivity index is 2.42. The first-order valence-corrected chi connectivity index (χ1v) is 7.53. The number of ether oxygens (including phenoxy) is 1. The third-order valence-corrected chi connectivity index (χ3v) is 3.28. The summed E-state index contributed by atoms with van der Waals surface area (Å²) in [7, 11) is 1.63. The largest absolute Gasteiger partial charge is 0.391 e. The molecule has 0 aliphatic rings. The van der Waals surface area contributed by atoms with E-state index in [1.165, 1.54) is 0 Å². The van der Waals surface area contributed by atoms with Gasteiger partial charge < -0.3 is 20.5 Å². The van der Waals surface area contributed by atoms with E-state index >= 15 is 0 Å². The predicted molar refractivity (Wildman–Crippen MR) is 85.8 cm³/mol. The summed E-state index contributed by atoms with van der Waals surface area (Å²) >= 11 is 0. The van der Waals surface area contributed by atoms with Crippen molar-refractivity contribution in [1.29, 1.82) is 0 Å². The van der Waals surface area contributed by atoms with E-state index in [0.717, 1.165) is 6.42 Å². The fourth-order valence-corrected chi connectivity index (χ4v) is 1.67. The average molecular weight is 326 g/mol. The highest BCUT2D eigenvalue weighted by Crippen LogP contribution is 2.18. The first kappa shape index (κ1) is 19.1. The van der Waals surface area contributed by atoms with Crippen molar-refractivity contribution in [2.45, 2.75) is 39.8 Å². The van der Waals surface area contributed by atoms with Crippen LogP contribution in [-0.2, 0) is 20.9 Å². The maximum absolute atomic E-state index is 11.8. The van der Waals surface area contributed by atoms with Crippen molar-refractivity contribution < 1.29 is 19.4 Å². The number of aliphatic hydroxyl groups is 1. The highest BCUT2D eigenvalue weighted by molar-refractivity contribution is 6.39. The number of nitrogens with one attached hydrogen (secondary N) is 2. The summed E-state index contributed by atoms with van der Waals surface area (Å²) in [5.41, 5.74) is -0.370. The number of carbonyl (C=O) groups excluding carboxylic acids is 2. The van der Waals surface area contributed by atoms with E-state index in [4.69, 9.17) is 4.74 Å². The van der Waals surface area contributed by atoms with E-state index in [2.05, 4.69) is 15.7 Å². The molecule has 0 saturated heterocycles. The standard InChI is InChI=1S/C15H26N4O4/c1-15(2,3)11(20)10-16-13(21)14(22)17-12-6-8-19(18-12)7-5-9-23-4/h6,8,11,20H,5,7,9-10H2,1-4H3,(H,16,21)(H,17,18,22)/t11-/m0/s1. The van der Waals surface area contributed by atoms with Gasteiger partial charge in [-0.25, -0.2) is 0 Å². The van der Waals surface area contributed by atoms with E-state index < -0.39 is 17.9 Å². The average Bonchev–Trinajstić information content (AvgIpc) is 2.91. The van der Waals surface area contributed by atoms with Gasteiger partial charge in [-0.05, 0) is 11.8 Å². The first-order chi connectivity index (χ1) is 10.7. The second-order valence-corrected chi connectivity index (χ2v) is 6.36. The summed E-state index contributed by atoms with van der Waals surface area (Å²) in [6, 6.07) is 1.61. The highest BCUT2D eigenvalue weighted by Gasteiger charge is 2.24. The lowest BCUT2D eigenvalue weighted by atomic mass is 9.89. The highest BCUT2D eigenvalue weighted by atomic mass is 16.5. The molecule has 2 amide bonds. The van der Waals surface area contributed by atoms with Gasteiger partial charge in [0.15, 0.2) is 5.82 Å². The second kappa shape index (κ2) is 8.64. The monoisotopic (exact) mass is 326 g/mol. The summed E-state index contributed by atoms with van der Waals surface area (Å²) in [5.74, 6) is -1.31. The molecular formula is C15H26N4O4. The number of hydrogen-bond donors (Lipinski definition) is 3. The second-order valence-electron chi connectivity index (χ2n) is 6.36. The van der Waals surface area contributed by atoms with E-state index in [1.54, 1.807) is 24.1 Å². The minimum atomic E-state index is -0.812. The van der Waals surface area contributed by atoms with E-state index in [-0.39, 0.29) is 12.0 Å². The third-order valence-electron chi connectivity index (χ3n) is 3.28. The number of amides is 2. The van der Waals surface area contributed by atoms with Crippen molar-refractivity contribution in [3.05, 3.63) is 12.3 Å². The van der Waals surface area contributed by atoms with Crippen molar-refractivity contribution in [2.24, 2.45) is 5.41 Å². The van der Waals surface area contributed by atoms with Gasteiger partial charge in [-0.15, -0.1) is 0 Å². The molecule has 130 valence electrons. The van der Waals surface area contributed by atoms with Gasteiger partial charge in [-0.2, -0.15) is 5.10 Å². The fourth-order valence-electron chi connectivity index (χ4n) is 1.67. The van der Waals surface area contributed by atoms with Gasteiger partial charge in [0.05, 0.1) is 6.10 Å². The van der Waals surface area contributed by atoms with Crippen LogP contribution >= 0.6 is 0 Å². The quantitative estimate of drug-likeness (QED) is 0.496. The third kappa shape index (κ3) is 6.79. The van der Waals surface area contributed by atoms with Crippen LogP contribution in [0.5, 0.6) is 0 Å². The van der Waals surface area contributed by atoms with Gasteiger partial charge >= 0.3 is 11.8 Å². The van der Waals surface area contributed by atoms with Gasteiger partial charge in [-0.1, -0.05) is 20.8 Å². The van der Waals surface area contributed by atoms with Crippen LogP contribution in [0.4, 0.5) is 5.82 Å². The molecule has 0 aromatic carbocycles. The van der Waals surface area contributed by atoms with Crippen molar-refractivity contribution in [3.8, 4) is 0 Å². The van der Waals surface area contributed by atoms with Gasteiger partial charge in [0.2, 0.25) is 0 Å². The molecule has 0 saturated carbocycles. The van der Waals surface area contributed by atoms with Crippen LogP contribution in [0, 0.1) is 5.41 Å². The maximum Gasteiger partial charge on any atom is 0.314 e. The SMILES string of the molecule is COCCCn1ccc(NC(=O)C(=O)NC[C@H](O)C(C)(C)C)n1. The molecule has 1 heterocycles. The minimum Gasteiger partial charge on any atom is -0.391 e. The molecule has 0 aliphatic carbocycles. The number of methoxy groups -OCH3 is 1. The molecule has 0 radical (unpaired) electrons. The molecule has 23 heavy (non-hydrogen) atoms. The van der Waals surface area contributed by atoms with Gasteiger partial charge in [0.25, 0.3) is 0 Å². The Morgan fingerprint density at radius 2 is 2.09 bits per heavy atom. The molecule has 1 rings (SSSR count). The van der Waals surface area contributed by atoms with Crippen LogP contribution in [0.3, 0.4) is 0 Å². The van der Waals surface area contributed by atoms with Crippen molar-refractivity contribution in [2.75, 3.05) is 25.6 Å². The zero-order valence-corrected chi connectivity index (χ0v) is 14.1. The number of aromatic nitrogens is 2. The summed E-state index contributed by atoms with van der Waals surface area (Å²) in [5, 5.41) is 18.8. The smallest absolute Gasteiger partial charge is 0.314 e. The predicted octanol–water partition coefficient (Wildman–Crippen LogP) is 0.381. The summed E-state index contributed by atoms with van der Waals surface area (Å²) in [6.07, 6.45) is 1.78. The number of carbonyl (C=O) groups is 2. The van der Waals surface area contributed by atoms with Crippen LogP contribution in [0.2, 0.25) is 0 Å². The van der Waals surface area contributed by atoms with E-state index in [0.29, 0.717) is 19.0 Å². The fraction of sp³-hybridized carbons (Fsp3) is 0.667. The van der Waals surface area contributed by atoms with Gasteiger partial charge in [0.1, 0.15) is 0 Å². The normalized spacial score (nSPS) is 12.7. The van der Waals surface area contributed by atoms with E-state index in [1.807, 2.05) is 20.8 Å². The molecular weight excluding hydrogens is 300 g/mol. The number of nitrogens with zero attached hydrogens (tertiary/aromatic N) is 2. The van der Waals surface area contributed by atoms with Crippen LogP contribution in [0.25, 0.3) is 0 Å². The zero-order chi connectivity index (χ0) is 17.5. The number of aryl methyl sites for hydroxylation is 1. The number of anilines is 1. The molecule has 1 aromatic rings. The molecule has 0 fully saturated rings. The van der Waals surface area contributed by atoms with Crippen LogP contribution in [0.1, 0.15) is 27.2 Å². The van der Waals surface area contributed by atoms with Crippen molar-refractivity contribution in [3.63, 3.8) is 0 Å². The lowest BCUT2D eigenvalue weighted by molar-refractivity contribution is -0.136. The molecule has 3 N–H and O–H groups in total. The molecule has 0 bridgehead atoms. The summed E-state index contributed by atoms with van der Waals surface area (Å²) in [4.78, 5) is 23.5. The number of aliphatic hydroxyl groups excluding tert-OH is 1. The van der Waals surface area contributed by atoms with Crippen LogP contribution in [0.15, 0.2) is 12.3 Å². The summed E-state index contributed by atoms with van der Waals surface area (Å²) in [6.45, 7) is 6.84. The lowest BCUT2D eigenvalue weighted by Crippen LogP contribution is -2.43. The molecule has 1 atom stereocenters. The molecule has 8 heteroatoms. The van der Waals surface area contributed by atoms with Gasteiger partial charge in [-0.3, -0.25) is 14.3 Å². The summed E-state index contributed by atoms with van der Waals surface area (Å²) < 4.78 is 6.61. The lowest BCUT2D eigenvalue weighted by Gasteiger charge is -2.25. The zero-order valence-electron chi connectivity index (χ0n) is 14.1. The Morgan fingerprint density at radius 3 is 2.70 bits per heavy atom. The Bertz CT molecular complexity index is 522. The Kier molecular flexibility index (Phi) is 7.18. The Labute approximate surface area is 136 Å². The van der Waals surface area contributed by atoms with Crippen molar-refractivity contribution in [1.82, 2.24) is 15.1 Å². The molecule has 0 spiro atoms. The van der Waals surface area contributed by atoms with Gasteiger partial charge in [0, 0.05) is 39.1 Å². The van der Waals surface area contributed by atoms with Crippen molar-refractivity contribution >= 4 is 17.6 Å². The minimum absolute atomic E-state index is 0.0151.